The highest BCUT2D eigenvalue weighted by Gasteiger charge is 2.25. The van der Waals surface area contributed by atoms with Gasteiger partial charge in [0.2, 0.25) is 15.9 Å². The van der Waals surface area contributed by atoms with E-state index in [-0.39, 0.29) is 10.8 Å². The Morgan fingerprint density at radius 3 is 1.77 bits per heavy atom. The van der Waals surface area contributed by atoms with Crippen molar-refractivity contribution >= 4 is 15.9 Å². The summed E-state index contributed by atoms with van der Waals surface area (Å²) in [5.74, 6) is -0.338. The molecule has 1 heterocycles. The first-order chi connectivity index (χ1) is 14.4. The fourth-order valence-electron chi connectivity index (χ4n) is 2.79. The quantitative estimate of drug-likeness (QED) is 0.724. The van der Waals surface area contributed by atoms with Gasteiger partial charge in [-0.05, 0) is 26.0 Å². The third-order valence-electron chi connectivity index (χ3n) is 4.47. The Hall–Kier alpha value is -1.56. The molecular weight excluding hydrogens is 412 g/mol. The van der Waals surface area contributed by atoms with Crippen molar-refractivity contribution in [1.29, 1.82) is 0 Å². The second-order valence-corrected chi connectivity index (χ2v) is 8.64. The Bertz CT molecular complexity index is 724. The van der Waals surface area contributed by atoms with Crippen LogP contribution in [0.3, 0.4) is 0 Å². The molecule has 2 rings (SSSR count). The van der Waals surface area contributed by atoms with Crippen LogP contribution in [0.5, 0.6) is 0 Å². The molecule has 1 fully saturated rings. The van der Waals surface area contributed by atoms with Crippen molar-refractivity contribution in [3.8, 4) is 0 Å². The van der Waals surface area contributed by atoms with Gasteiger partial charge in [-0.15, -0.1) is 0 Å². The SMILES string of the molecule is Cc1ccc(S(=O)(=O)N[C@@H](C)C(=O)N2CCOCCOCCOCCOCC2)cc1. The van der Waals surface area contributed by atoms with E-state index in [1.807, 2.05) is 6.92 Å². The van der Waals surface area contributed by atoms with E-state index >= 15 is 0 Å². The fraction of sp³-hybridized carbons (Fsp3) is 0.650. The number of aryl methyl sites for hydroxylation is 1. The number of ether oxygens (including phenoxy) is 4. The maximum absolute atomic E-state index is 12.9. The van der Waals surface area contributed by atoms with E-state index in [9.17, 15) is 13.2 Å². The topological polar surface area (TPSA) is 103 Å². The summed E-state index contributed by atoms with van der Waals surface area (Å²) < 4.78 is 49.4. The highest BCUT2D eigenvalue weighted by molar-refractivity contribution is 7.89. The minimum Gasteiger partial charge on any atom is -0.377 e. The number of hydrogen-bond donors (Lipinski definition) is 1. The standard InChI is InChI=1S/C20H32N2O7S/c1-17-3-5-19(6-4-17)30(24,25)21-18(2)20(23)22-7-9-26-11-13-28-15-16-29-14-12-27-10-8-22/h3-6,18,21H,7-16H2,1-2H3/t18-/m0/s1. The van der Waals surface area contributed by atoms with E-state index < -0.39 is 16.1 Å². The predicted octanol–water partition coefficient (Wildman–Crippen LogP) is 0.570. The van der Waals surface area contributed by atoms with Crippen molar-refractivity contribution in [2.45, 2.75) is 24.8 Å². The molecule has 1 amide bonds. The molecule has 0 aliphatic carbocycles. The summed E-state index contributed by atoms with van der Waals surface area (Å²) in [5, 5.41) is 0. The van der Waals surface area contributed by atoms with Gasteiger partial charge in [-0.3, -0.25) is 4.79 Å². The molecule has 1 atom stereocenters. The number of nitrogens with one attached hydrogen (secondary N) is 1. The van der Waals surface area contributed by atoms with Gasteiger partial charge in [-0.1, -0.05) is 17.7 Å². The van der Waals surface area contributed by atoms with E-state index in [4.69, 9.17) is 18.9 Å². The lowest BCUT2D eigenvalue weighted by atomic mass is 10.2. The highest BCUT2D eigenvalue weighted by Crippen LogP contribution is 2.11. The third kappa shape index (κ3) is 8.66. The van der Waals surface area contributed by atoms with Gasteiger partial charge in [0.25, 0.3) is 0 Å². The molecule has 1 aliphatic heterocycles. The molecule has 9 nitrogen and oxygen atoms in total. The van der Waals surface area contributed by atoms with Crippen LogP contribution in [-0.4, -0.2) is 91.2 Å². The normalized spacial score (nSPS) is 19.5. The van der Waals surface area contributed by atoms with Crippen molar-refractivity contribution in [3.63, 3.8) is 0 Å². The molecule has 0 bridgehead atoms. The number of nitrogens with zero attached hydrogens (tertiary/aromatic N) is 1. The molecule has 0 saturated carbocycles. The Labute approximate surface area is 178 Å². The first kappa shape index (κ1) is 24.7. The van der Waals surface area contributed by atoms with Gasteiger partial charge in [0.15, 0.2) is 0 Å². The highest BCUT2D eigenvalue weighted by atomic mass is 32.2. The molecule has 30 heavy (non-hydrogen) atoms. The van der Waals surface area contributed by atoms with Crippen LogP contribution in [0.1, 0.15) is 12.5 Å². The van der Waals surface area contributed by atoms with Gasteiger partial charge in [-0.2, -0.15) is 4.72 Å². The summed E-state index contributed by atoms with van der Waals surface area (Å²) in [5.41, 5.74) is 0.954. The molecular formula is C20H32N2O7S. The van der Waals surface area contributed by atoms with E-state index in [1.165, 1.54) is 19.1 Å². The average molecular weight is 445 g/mol. The molecule has 1 aliphatic rings. The molecule has 1 N–H and O–H groups in total. The first-order valence-electron chi connectivity index (χ1n) is 10.1. The van der Waals surface area contributed by atoms with Crippen LogP contribution in [0.25, 0.3) is 0 Å². The van der Waals surface area contributed by atoms with Crippen LogP contribution >= 0.6 is 0 Å². The number of benzene rings is 1. The zero-order valence-corrected chi connectivity index (χ0v) is 18.5. The lowest BCUT2D eigenvalue weighted by molar-refractivity contribution is -0.134. The van der Waals surface area contributed by atoms with Gasteiger partial charge >= 0.3 is 0 Å². The Morgan fingerprint density at radius 2 is 1.30 bits per heavy atom. The first-order valence-corrected chi connectivity index (χ1v) is 11.6. The minimum absolute atomic E-state index is 0.122. The van der Waals surface area contributed by atoms with Crippen LogP contribution < -0.4 is 4.72 Å². The summed E-state index contributed by atoms with van der Waals surface area (Å²) in [6.45, 7) is 7.41. The molecule has 0 unspecified atom stereocenters. The Kier molecular flexibility index (Phi) is 10.7. The van der Waals surface area contributed by atoms with E-state index in [0.29, 0.717) is 65.9 Å². The van der Waals surface area contributed by atoms with E-state index in [1.54, 1.807) is 17.0 Å². The van der Waals surface area contributed by atoms with Gasteiger partial charge in [-0.25, -0.2) is 8.42 Å². The zero-order chi connectivity index (χ0) is 21.8. The van der Waals surface area contributed by atoms with Crippen molar-refractivity contribution in [3.05, 3.63) is 29.8 Å². The summed E-state index contributed by atoms with van der Waals surface area (Å²) >= 11 is 0. The number of rotatable bonds is 4. The summed E-state index contributed by atoms with van der Waals surface area (Å²) in [6, 6.07) is 5.54. The van der Waals surface area contributed by atoms with Crippen LogP contribution in [0.15, 0.2) is 29.2 Å². The molecule has 1 saturated heterocycles. The number of sulfonamides is 1. The van der Waals surface area contributed by atoms with Gasteiger partial charge < -0.3 is 23.8 Å². The molecule has 170 valence electrons. The van der Waals surface area contributed by atoms with Gasteiger partial charge in [0, 0.05) is 13.1 Å². The lowest BCUT2D eigenvalue weighted by Gasteiger charge is -2.26. The number of amides is 1. The van der Waals surface area contributed by atoms with Crippen molar-refractivity contribution in [2.75, 3.05) is 65.9 Å². The summed E-state index contributed by atoms with van der Waals surface area (Å²) in [7, 11) is -3.81. The van der Waals surface area contributed by atoms with Crippen molar-refractivity contribution < 1.29 is 32.2 Å². The zero-order valence-electron chi connectivity index (χ0n) is 17.7. The van der Waals surface area contributed by atoms with Gasteiger partial charge in [0.1, 0.15) is 0 Å². The number of carbonyl (C=O) groups is 1. The smallest absolute Gasteiger partial charge is 0.241 e. The van der Waals surface area contributed by atoms with Crippen LogP contribution in [0, 0.1) is 6.92 Å². The summed E-state index contributed by atoms with van der Waals surface area (Å²) in [6.07, 6.45) is 0. The molecule has 10 heteroatoms. The predicted molar refractivity (Wildman–Crippen MR) is 111 cm³/mol. The van der Waals surface area contributed by atoms with Crippen LogP contribution in [0.4, 0.5) is 0 Å². The van der Waals surface area contributed by atoms with E-state index in [2.05, 4.69) is 4.72 Å². The Morgan fingerprint density at radius 1 is 0.867 bits per heavy atom. The average Bonchev–Trinajstić information content (AvgIpc) is 2.72. The summed E-state index contributed by atoms with van der Waals surface area (Å²) in [4.78, 5) is 14.6. The monoisotopic (exact) mass is 444 g/mol. The minimum atomic E-state index is -3.81. The maximum Gasteiger partial charge on any atom is 0.241 e. The lowest BCUT2D eigenvalue weighted by Crippen LogP contribution is -2.48. The Balaban J connectivity index is 1.95. The van der Waals surface area contributed by atoms with Crippen LogP contribution in [-0.2, 0) is 33.8 Å². The van der Waals surface area contributed by atoms with E-state index in [0.717, 1.165) is 5.56 Å². The van der Waals surface area contributed by atoms with Gasteiger partial charge in [0.05, 0.1) is 63.8 Å². The number of hydrogen-bond acceptors (Lipinski definition) is 7. The van der Waals surface area contributed by atoms with Crippen molar-refractivity contribution in [2.24, 2.45) is 0 Å². The third-order valence-corrected chi connectivity index (χ3v) is 6.03. The molecule has 0 spiro atoms. The largest absolute Gasteiger partial charge is 0.377 e. The maximum atomic E-state index is 12.9. The fourth-order valence-corrected chi connectivity index (χ4v) is 3.98. The molecule has 0 aromatic heterocycles. The number of carbonyl (C=O) groups excluding carboxylic acids is 1. The molecule has 0 radical (unpaired) electrons. The van der Waals surface area contributed by atoms with Crippen LogP contribution in [0.2, 0.25) is 0 Å². The molecule has 1 aromatic carbocycles. The second-order valence-electron chi connectivity index (χ2n) is 6.93. The molecule has 1 aromatic rings. The second kappa shape index (κ2) is 13.0. The van der Waals surface area contributed by atoms with Crippen molar-refractivity contribution in [1.82, 2.24) is 9.62 Å².